The highest BCUT2D eigenvalue weighted by Gasteiger charge is 2.18. The second-order valence-electron chi connectivity index (χ2n) is 4.59. The summed E-state index contributed by atoms with van der Waals surface area (Å²) in [6.45, 7) is 3.98. The predicted octanol–water partition coefficient (Wildman–Crippen LogP) is 1.48. The summed E-state index contributed by atoms with van der Waals surface area (Å²) < 4.78 is 0. The first-order valence-electron chi connectivity index (χ1n) is 6.25. The Hall–Kier alpha value is -1.39. The van der Waals surface area contributed by atoms with E-state index in [2.05, 4.69) is 13.8 Å². The molecule has 3 N–H and O–H groups in total. The van der Waals surface area contributed by atoms with Crippen molar-refractivity contribution >= 4 is 11.6 Å². The number of carbonyl (C=O) groups is 1. The van der Waals surface area contributed by atoms with Gasteiger partial charge >= 0.3 is 0 Å². The molecule has 0 aliphatic carbocycles. The van der Waals surface area contributed by atoms with Crippen molar-refractivity contribution in [2.45, 2.75) is 32.2 Å². The normalized spacial score (nSPS) is 14.1. The minimum absolute atomic E-state index is 0.284. The topological polar surface area (TPSA) is 66.6 Å². The van der Waals surface area contributed by atoms with Gasteiger partial charge in [0, 0.05) is 12.7 Å². The van der Waals surface area contributed by atoms with Crippen LogP contribution in [0.4, 0.5) is 5.69 Å². The van der Waals surface area contributed by atoms with Crippen molar-refractivity contribution in [3.63, 3.8) is 0 Å². The van der Waals surface area contributed by atoms with Crippen molar-refractivity contribution in [1.82, 2.24) is 0 Å². The lowest BCUT2D eigenvalue weighted by Crippen LogP contribution is -2.44. The minimum Gasteiger partial charge on any atom is -0.394 e. The molecule has 100 valence electrons. The molecule has 0 aliphatic rings. The molecule has 0 aromatic heterocycles. The Kier molecular flexibility index (Phi) is 5.31. The molecule has 1 aromatic rings. The fourth-order valence-corrected chi connectivity index (χ4v) is 1.72. The molecule has 0 saturated carbocycles. The summed E-state index contributed by atoms with van der Waals surface area (Å²) in [6, 6.07) is 7.01. The molecule has 0 aliphatic heterocycles. The SMILES string of the molecule is CCC(C)c1ccc(N(C)C(=O)C(N)CO)cc1. The van der Waals surface area contributed by atoms with Crippen molar-refractivity contribution < 1.29 is 9.90 Å². The minimum atomic E-state index is -0.857. The number of hydrogen-bond donors (Lipinski definition) is 2. The third-order valence-electron chi connectivity index (χ3n) is 3.31. The van der Waals surface area contributed by atoms with Gasteiger partial charge in [0.25, 0.3) is 0 Å². The van der Waals surface area contributed by atoms with E-state index in [1.54, 1.807) is 7.05 Å². The third kappa shape index (κ3) is 3.31. The lowest BCUT2D eigenvalue weighted by Gasteiger charge is -2.21. The molecule has 0 heterocycles. The molecule has 0 radical (unpaired) electrons. The van der Waals surface area contributed by atoms with Crippen LogP contribution in [0, 0.1) is 0 Å². The van der Waals surface area contributed by atoms with E-state index in [1.165, 1.54) is 10.5 Å². The Labute approximate surface area is 108 Å². The first-order valence-corrected chi connectivity index (χ1v) is 6.25. The molecule has 4 heteroatoms. The van der Waals surface area contributed by atoms with Gasteiger partial charge in [0.2, 0.25) is 5.91 Å². The van der Waals surface area contributed by atoms with E-state index in [4.69, 9.17) is 10.8 Å². The molecule has 1 rings (SSSR count). The fraction of sp³-hybridized carbons (Fsp3) is 0.500. The maximum Gasteiger partial charge on any atom is 0.246 e. The Morgan fingerprint density at radius 3 is 2.39 bits per heavy atom. The number of aliphatic hydroxyl groups is 1. The number of hydrogen-bond acceptors (Lipinski definition) is 3. The van der Waals surface area contributed by atoms with Gasteiger partial charge in [-0.1, -0.05) is 26.0 Å². The number of nitrogens with two attached hydrogens (primary N) is 1. The lowest BCUT2D eigenvalue weighted by atomic mass is 9.98. The summed E-state index contributed by atoms with van der Waals surface area (Å²) in [5.74, 6) is 0.230. The largest absolute Gasteiger partial charge is 0.394 e. The lowest BCUT2D eigenvalue weighted by molar-refractivity contribution is -0.120. The van der Waals surface area contributed by atoms with Crippen molar-refractivity contribution in [2.75, 3.05) is 18.6 Å². The van der Waals surface area contributed by atoms with Crippen LogP contribution in [0.5, 0.6) is 0 Å². The molecule has 0 spiro atoms. The van der Waals surface area contributed by atoms with Crippen LogP contribution in [0.25, 0.3) is 0 Å². The zero-order valence-electron chi connectivity index (χ0n) is 11.3. The second kappa shape index (κ2) is 6.52. The van der Waals surface area contributed by atoms with Gasteiger partial charge in [0.05, 0.1) is 6.61 Å². The fourth-order valence-electron chi connectivity index (χ4n) is 1.72. The van der Waals surface area contributed by atoms with E-state index >= 15 is 0 Å². The summed E-state index contributed by atoms with van der Waals surface area (Å²) >= 11 is 0. The maximum atomic E-state index is 11.8. The smallest absolute Gasteiger partial charge is 0.246 e. The van der Waals surface area contributed by atoms with E-state index < -0.39 is 6.04 Å². The van der Waals surface area contributed by atoms with Gasteiger partial charge in [-0.05, 0) is 30.0 Å². The highest BCUT2D eigenvalue weighted by Crippen LogP contribution is 2.22. The van der Waals surface area contributed by atoms with Crippen LogP contribution in [-0.4, -0.2) is 30.7 Å². The first-order chi connectivity index (χ1) is 8.51. The van der Waals surface area contributed by atoms with Crippen LogP contribution in [0.3, 0.4) is 0 Å². The number of likely N-dealkylation sites (N-methyl/N-ethyl adjacent to an activating group) is 1. The highest BCUT2D eigenvalue weighted by atomic mass is 16.3. The second-order valence-corrected chi connectivity index (χ2v) is 4.59. The van der Waals surface area contributed by atoms with E-state index in [0.29, 0.717) is 5.92 Å². The molecular formula is C14H22N2O2. The van der Waals surface area contributed by atoms with Crippen LogP contribution >= 0.6 is 0 Å². The first kappa shape index (κ1) is 14.7. The molecule has 4 nitrogen and oxygen atoms in total. The van der Waals surface area contributed by atoms with E-state index in [1.807, 2.05) is 24.3 Å². The zero-order chi connectivity index (χ0) is 13.7. The molecule has 18 heavy (non-hydrogen) atoms. The zero-order valence-corrected chi connectivity index (χ0v) is 11.3. The van der Waals surface area contributed by atoms with Gasteiger partial charge in [-0.15, -0.1) is 0 Å². The number of rotatable bonds is 5. The maximum absolute atomic E-state index is 11.8. The number of nitrogens with zero attached hydrogens (tertiary/aromatic N) is 1. The average Bonchev–Trinajstić information content (AvgIpc) is 2.44. The van der Waals surface area contributed by atoms with Crippen LogP contribution in [0.2, 0.25) is 0 Å². The number of amides is 1. The quantitative estimate of drug-likeness (QED) is 0.832. The predicted molar refractivity (Wildman–Crippen MR) is 73.6 cm³/mol. The van der Waals surface area contributed by atoms with Gasteiger partial charge in [0.15, 0.2) is 0 Å². The summed E-state index contributed by atoms with van der Waals surface area (Å²) in [7, 11) is 1.66. The van der Waals surface area contributed by atoms with Gasteiger partial charge in [-0.25, -0.2) is 0 Å². The van der Waals surface area contributed by atoms with Crippen molar-refractivity contribution in [3.8, 4) is 0 Å². The molecule has 0 fully saturated rings. The summed E-state index contributed by atoms with van der Waals surface area (Å²) in [5, 5.41) is 8.88. The van der Waals surface area contributed by atoms with Crippen LogP contribution in [0.1, 0.15) is 31.7 Å². The molecule has 1 amide bonds. The number of aliphatic hydroxyl groups excluding tert-OH is 1. The van der Waals surface area contributed by atoms with E-state index in [9.17, 15) is 4.79 Å². The van der Waals surface area contributed by atoms with Gasteiger partial charge in [-0.3, -0.25) is 4.79 Å². The van der Waals surface area contributed by atoms with Gasteiger partial charge in [0.1, 0.15) is 6.04 Å². The Bertz CT molecular complexity index is 389. The standard InChI is InChI=1S/C14H22N2O2/c1-4-10(2)11-5-7-12(8-6-11)16(3)14(18)13(15)9-17/h5-8,10,13,17H,4,9,15H2,1-3H3. The Morgan fingerprint density at radius 1 is 1.39 bits per heavy atom. The monoisotopic (exact) mass is 250 g/mol. The number of benzene rings is 1. The van der Waals surface area contributed by atoms with Crippen molar-refractivity contribution in [1.29, 1.82) is 0 Å². The molecule has 2 unspecified atom stereocenters. The highest BCUT2D eigenvalue weighted by molar-refractivity contribution is 5.96. The van der Waals surface area contributed by atoms with E-state index in [0.717, 1.165) is 12.1 Å². The molecular weight excluding hydrogens is 228 g/mol. The summed E-state index contributed by atoms with van der Waals surface area (Å²) in [6.07, 6.45) is 1.09. The molecule has 0 bridgehead atoms. The Balaban J connectivity index is 2.82. The summed E-state index contributed by atoms with van der Waals surface area (Å²) in [5.41, 5.74) is 7.56. The van der Waals surface area contributed by atoms with Gasteiger partial charge in [-0.2, -0.15) is 0 Å². The van der Waals surface area contributed by atoms with E-state index in [-0.39, 0.29) is 12.5 Å². The van der Waals surface area contributed by atoms with Crippen molar-refractivity contribution in [3.05, 3.63) is 29.8 Å². The Morgan fingerprint density at radius 2 is 1.94 bits per heavy atom. The number of anilines is 1. The van der Waals surface area contributed by atoms with Crippen LogP contribution in [-0.2, 0) is 4.79 Å². The van der Waals surface area contributed by atoms with Gasteiger partial charge < -0.3 is 15.7 Å². The molecule has 1 aromatic carbocycles. The van der Waals surface area contributed by atoms with Crippen molar-refractivity contribution in [2.24, 2.45) is 5.73 Å². The summed E-state index contributed by atoms with van der Waals surface area (Å²) in [4.78, 5) is 13.3. The molecule has 2 atom stereocenters. The van der Waals surface area contributed by atoms with Crippen LogP contribution < -0.4 is 10.6 Å². The van der Waals surface area contributed by atoms with Crippen LogP contribution in [0.15, 0.2) is 24.3 Å². The molecule has 0 saturated heterocycles. The third-order valence-corrected chi connectivity index (χ3v) is 3.31. The number of carbonyl (C=O) groups excluding carboxylic acids is 1. The average molecular weight is 250 g/mol.